The molecule has 4 rings (SSSR count). The molecule has 0 fully saturated rings. The molecule has 0 radical (unpaired) electrons. The summed E-state index contributed by atoms with van der Waals surface area (Å²) < 4.78 is 331. The Balaban J connectivity index is 1.86. The molecule has 0 bridgehead atoms. The van der Waals surface area contributed by atoms with Crippen molar-refractivity contribution in [2.75, 3.05) is 12.3 Å². The maximum absolute atomic E-state index is 13.8. The molecule has 0 spiro atoms. The van der Waals surface area contributed by atoms with E-state index in [-0.39, 0.29) is 72.8 Å². The Morgan fingerprint density at radius 3 is 0.492 bits per heavy atom. The first-order valence-corrected chi connectivity index (χ1v) is 20.0. The van der Waals surface area contributed by atoms with Crippen molar-refractivity contribution in [1.82, 2.24) is 0 Å². The van der Waals surface area contributed by atoms with Crippen molar-refractivity contribution in [2.24, 2.45) is 0 Å². The maximum Gasteiger partial charge on any atom is 0.416 e. The van der Waals surface area contributed by atoms with Gasteiger partial charge in [0.25, 0.3) is 0 Å². The van der Waals surface area contributed by atoms with Crippen molar-refractivity contribution in [3.8, 4) is 0 Å². The molecule has 0 aliphatic heterocycles. The Hall–Kier alpha value is -3.94. The van der Waals surface area contributed by atoms with Gasteiger partial charge in [0.1, 0.15) is 0 Å². The molecule has 0 amide bonds. The number of alkyl halides is 24. The summed E-state index contributed by atoms with van der Waals surface area (Å²) in [7, 11) is -6.18. The first-order valence-electron chi connectivity index (χ1n) is 17.0. The summed E-state index contributed by atoms with van der Waals surface area (Å²) in [5, 5.41) is -4.19. The topological polar surface area (TPSA) is 0 Å². The highest BCUT2D eigenvalue weighted by Gasteiger charge is 2.42. The van der Waals surface area contributed by atoms with E-state index in [2.05, 4.69) is 0 Å². The van der Waals surface area contributed by atoms with Gasteiger partial charge in [-0.2, -0.15) is 105 Å². The smallest absolute Gasteiger partial charge is 0.166 e. The van der Waals surface area contributed by atoms with Crippen LogP contribution in [-0.4, -0.2) is 12.3 Å². The van der Waals surface area contributed by atoms with Gasteiger partial charge in [-0.3, -0.25) is 0 Å². The second kappa shape index (κ2) is 17.8. The monoisotopic (exact) mass is 984 g/mol. The second-order valence-corrected chi connectivity index (χ2v) is 18.1. The lowest BCUT2D eigenvalue weighted by molar-refractivity contribution is -0.144. The average molecular weight is 984 g/mol. The molecule has 63 heavy (non-hydrogen) atoms. The molecular formula is C37H22F24P2. The number of hydrogen-bond donors (Lipinski definition) is 0. The van der Waals surface area contributed by atoms with Crippen molar-refractivity contribution in [1.29, 1.82) is 0 Å². The zero-order chi connectivity index (χ0) is 48.1. The van der Waals surface area contributed by atoms with Crippen LogP contribution < -0.4 is 21.2 Å². The van der Waals surface area contributed by atoms with Gasteiger partial charge in [0.2, 0.25) is 0 Å². The molecule has 0 saturated heterocycles. The molecule has 0 heterocycles. The first-order chi connectivity index (χ1) is 28.3. The van der Waals surface area contributed by atoms with Gasteiger partial charge in [-0.05, 0) is 135 Å². The van der Waals surface area contributed by atoms with Crippen molar-refractivity contribution >= 4 is 37.1 Å². The lowest BCUT2D eigenvalue weighted by Crippen LogP contribution is -2.23. The average Bonchev–Trinajstić information content (AvgIpc) is 3.11. The fourth-order valence-electron chi connectivity index (χ4n) is 5.91. The zero-order valence-corrected chi connectivity index (χ0v) is 32.2. The standard InChI is InChI=1S/C37H22F24P2/c38-30(39,40)18-6-19(31(41,42)43)11-26(10-18)62(27-12-20(32(44,45)46)7-21(13-27)33(47,48)49)4-2-1-3-5-63(28-14-22(34(50,51)52)8-23(15-28)35(53,54)55)29-16-24(36(56,57)58)9-25(17-29)37(59,60)61/h6-17H,1-5H2. The van der Waals surface area contributed by atoms with Crippen molar-refractivity contribution in [3.63, 3.8) is 0 Å². The van der Waals surface area contributed by atoms with Crippen LogP contribution in [0.5, 0.6) is 0 Å². The Morgan fingerprint density at radius 1 is 0.222 bits per heavy atom. The Morgan fingerprint density at radius 2 is 0.365 bits per heavy atom. The minimum absolute atomic E-state index is 0.0471. The second-order valence-electron chi connectivity index (χ2n) is 13.4. The minimum Gasteiger partial charge on any atom is -0.166 e. The molecule has 0 unspecified atom stereocenters. The normalized spacial score (nSPS) is 14.0. The quantitative estimate of drug-likeness (QED) is 0.0844. The third-order valence-corrected chi connectivity index (χ3v) is 13.9. The summed E-state index contributed by atoms with van der Waals surface area (Å²) in [6, 6.07) is -1.17. The van der Waals surface area contributed by atoms with Crippen LogP contribution in [0.15, 0.2) is 72.8 Å². The summed E-state index contributed by atoms with van der Waals surface area (Å²) in [6.45, 7) is 0. The number of rotatable bonds is 10. The van der Waals surface area contributed by atoms with Crippen LogP contribution in [0.4, 0.5) is 105 Å². The molecule has 0 aromatic heterocycles. The van der Waals surface area contributed by atoms with E-state index >= 15 is 0 Å². The summed E-state index contributed by atoms with van der Waals surface area (Å²) in [6.07, 6.45) is -48.0. The molecule has 0 saturated carbocycles. The van der Waals surface area contributed by atoms with Gasteiger partial charge < -0.3 is 0 Å². The highest BCUT2D eigenvalue weighted by Crippen LogP contribution is 2.47. The van der Waals surface area contributed by atoms with Crippen LogP contribution in [-0.2, 0) is 49.4 Å². The van der Waals surface area contributed by atoms with Gasteiger partial charge in [0.05, 0.1) is 44.5 Å². The summed E-state index contributed by atoms with van der Waals surface area (Å²) >= 11 is 0. The van der Waals surface area contributed by atoms with Gasteiger partial charge in [-0.25, -0.2) is 0 Å². The minimum atomic E-state index is -5.57. The van der Waals surface area contributed by atoms with Gasteiger partial charge in [-0.15, -0.1) is 0 Å². The molecular weight excluding hydrogens is 962 g/mol. The number of unbranched alkanes of at least 4 members (excludes halogenated alkanes) is 2. The van der Waals surface area contributed by atoms with Crippen LogP contribution in [0.25, 0.3) is 0 Å². The summed E-state index contributed by atoms with van der Waals surface area (Å²) in [5.74, 6) is 0. The molecule has 0 aliphatic rings. The van der Waals surface area contributed by atoms with Gasteiger partial charge in [0.15, 0.2) is 0 Å². The van der Waals surface area contributed by atoms with E-state index in [1.54, 1.807) is 0 Å². The fraction of sp³-hybridized carbons (Fsp3) is 0.351. The number of hydrogen-bond acceptors (Lipinski definition) is 0. The molecule has 4 aromatic carbocycles. The largest absolute Gasteiger partial charge is 0.416 e. The number of halogens is 24. The Labute approximate surface area is 340 Å². The van der Waals surface area contributed by atoms with Crippen molar-refractivity contribution < 1.29 is 105 Å². The lowest BCUT2D eigenvalue weighted by Gasteiger charge is -2.25. The highest BCUT2D eigenvalue weighted by atomic mass is 31.1. The first kappa shape index (κ1) is 51.7. The Kier molecular flexibility index (Phi) is 14.6. The van der Waals surface area contributed by atoms with Crippen LogP contribution in [0.2, 0.25) is 0 Å². The highest BCUT2D eigenvalue weighted by molar-refractivity contribution is 7.73. The molecule has 348 valence electrons. The SMILES string of the molecule is FC(F)(F)c1cc(P(CCCCCP(c2cc(C(F)(F)F)cc(C(F)(F)F)c2)c2cc(C(F)(F)F)cc(C(F)(F)F)c2)c2cc(C(F)(F)F)cc(C(F)(F)F)c2)cc(C(F)(F)F)c1. The van der Waals surface area contributed by atoms with Crippen LogP contribution in [0.1, 0.15) is 63.8 Å². The van der Waals surface area contributed by atoms with E-state index in [0.717, 1.165) is 0 Å². The van der Waals surface area contributed by atoms with E-state index in [4.69, 9.17) is 0 Å². The van der Waals surface area contributed by atoms with Crippen LogP contribution in [0.3, 0.4) is 0 Å². The van der Waals surface area contributed by atoms with E-state index in [1.165, 1.54) is 0 Å². The van der Waals surface area contributed by atoms with Crippen LogP contribution in [0, 0.1) is 0 Å². The van der Waals surface area contributed by atoms with Crippen LogP contribution >= 0.6 is 15.8 Å². The van der Waals surface area contributed by atoms with Crippen molar-refractivity contribution in [2.45, 2.75) is 68.7 Å². The molecule has 4 aromatic rings. The Bertz CT molecular complexity index is 1800. The molecule has 26 heteroatoms. The fourth-order valence-corrected chi connectivity index (χ4v) is 11.0. The predicted octanol–water partition coefficient (Wildman–Crippen LogP) is 14.6. The summed E-state index contributed by atoms with van der Waals surface area (Å²) in [4.78, 5) is 0. The lowest BCUT2D eigenvalue weighted by atomic mass is 10.1. The molecule has 0 nitrogen and oxygen atoms in total. The molecule has 0 N–H and O–H groups in total. The maximum atomic E-state index is 13.8. The van der Waals surface area contributed by atoms with Gasteiger partial charge in [-0.1, -0.05) is 6.42 Å². The third kappa shape index (κ3) is 13.5. The van der Waals surface area contributed by atoms with E-state index in [9.17, 15) is 105 Å². The zero-order valence-electron chi connectivity index (χ0n) is 30.4. The van der Waals surface area contributed by atoms with E-state index < -0.39 is 163 Å². The molecule has 0 aliphatic carbocycles. The van der Waals surface area contributed by atoms with E-state index in [1.807, 2.05) is 0 Å². The number of benzene rings is 4. The van der Waals surface area contributed by atoms with Gasteiger partial charge >= 0.3 is 49.4 Å². The molecule has 0 atom stereocenters. The third-order valence-electron chi connectivity index (χ3n) is 8.80. The van der Waals surface area contributed by atoms with Crippen molar-refractivity contribution in [3.05, 3.63) is 117 Å². The van der Waals surface area contributed by atoms with E-state index in [0.29, 0.717) is 0 Å². The summed E-state index contributed by atoms with van der Waals surface area (Å²) in [5.41, 5.74) is -16.2. The van der Waals surface area contributed by atoms with Gasteiger partial charge in [0, 0.05) is 0 Å². The predicted molar refractivity (Wildman–Crippen MR) is 182 cm³/mol.